The van der Waals surface area contributed by atoms with Crippen LogP contribution in [0.3, 0.4) is 0 Å². The zero-order chi connectivity index (χ0) is 14.2. The van der Waals surface area contributed by atoms with Gasteiger partial charge < -0.3 is 10.4 Å². The number of hydrogen-bond donors (Lipinski definition) is 2. The van der Waals surface area contributed by atoms with Gasteiger partial charge in [-0.3, -0.25) is 14.2 Å². The van der Waals surface area contributed by atoms with Crippen LogP contribution in [0.2, 0.25) is 0 Å². The molecule has 8 heteroatoms. The van der Waals surface area contributed by atoms with E-state index in [-0.39, 0.29) is 24.3 Å². The largest absolute Gasteiger partial charge is 0.481 e. The Bertz CT molecular complexity index is 578. The number of nitrogens with zero attached hydrogens (tertiary/aromatic N) is 1. The van der Waals surface area contributed by atoms with Crippen molar-refractivity contribution in [3.05, 3.63) is 27.5 Å². The summed E-state index contributed by atoms with van der Waals surface area (Å²) in [4.78, 5) is 22.1. The number of anilines is 1. The summed E-state index contributed by atoms with van der Waals surface area (Å²) in [5.41, 5.74) is -1.95. The zero-order valence-corrected chi connectivity index (χ0v) is 9.75. The van der Waals surface area contributed by atoms with Gasteiger partial charge in [-0.2, -0.15) is 13.2 Å². The number of alkyl halides is 3. The van der Waals surface area contributed by atoms with Crippen molar-refractivity contribution >= 4 is 11.8 Å². The molecular weight excluding hydrogens is 265 g/mol. The number of nitrogens with one attached hydrogen (secondary N) is 1. The van der Waals surface area contributed by atoms with Gasteiger partial charge >= 0.3 is 12.1 Å². The van der Waals surface area contributed by atoms with Gasteiger partial charge in [0.1, 0.15) is 5.82 Å². The molecule has 104 valence electrons. The van der Waals surface area contributed by atoms with Crippen molar-refractivity contribution in [1.82, 2.24) is 4.57 Å². The van der Waals surface area contributed by atoms with Gasteiger partial charge in [-0.1, -0.05) is 0 Å². The molecule has 2 rings (SSSR count). The Kier molecular flexibility index (Phi) is 3.25. The summed E-state index contributed by atoms with van der Waals surface area (Å²) in [6, 6.07) is 0.535. The number of aliphatic carboxylic acids is 1. The number of fused-ring (bicyclic) bond motifs is 1. The van der Waals surface area contributed by atoms with E-state index in [1.807, 2.05) is 0 Å². The van der Waals surface area contributed by atoms with Crippen LogP contribution in [0.15, 0.2) is 10.9 Å². The van der Waals surface area contributed by atoms with E-state index >= 15 is 0 Å². The van der Waals surface area contributed by atoms with E-state index in [0.717, 1.165) is 0 Å². The molecule has 0 aromatic carbocycles. The average Bonchev–Trinajstić information content (AvgIpc) is 2.75. The fraction of sp³-hybridized carbons (Fsp3) is 0.455. The van der Waals surface area contributed by atoms with Gasteiger partial charge in [0.15, 0.2) is 0 Å². The van der Waals surface area contributed by atoms with Gasteiger partial charge in [-0.25, -0.2) is 0 Å². The highest BCUT2D eigenvalue weighted by Gasteiger charge is 2.36. The fourth-order valence-corrected chi connectivity index (χ4v) is 2.14. The summed E-state index contributed by atoms with van der Waals surface area (Å²) in [5.74, 6) is -1.10. The molecule has 0 amide bonds. The van der Waals surface area contributed by atoms with E-state index < -0.39 is 29.7 Å². The molecule has 19 heavy (non-hydrogen) atoms. The second kappa shape index (κ2) is 4.60. The maximum absolute atomic E-state index is 12.9. The number of carbonyl (C=O) groups is 1. The molecule has 2 N–H and O–H groups in total. The summed E-state index contributed by atoms with van der Waals surface area (Å²) in [7, 11) is 0. The second-order valence-corrected chi connectivity index (χ2v) is 4.19. The van der Waals surface area contributed by atoms with Gasteiger partial charge in [-0.15, -0.1) is 0 Å². The third-order valence-corrected chi connectivity index (χ3v) is 2.94. The van der Waals surface area contributed by atoms with Crippen molar-refractivity contribution in [3.8, 4) is 0 Å². The highest BCUT2D eigenvalue weighted by atomic mass is 19.4. The summed E-state index contributed by atoms with van der Waals surface area (Å²) >= 11 is 0. The lowest BCUT2D eigenvalue weighted by Crippen LogP contribution is -2.23. The van der Waals surface area contributed by atoms with Crippen molar-refractivity contribution in [2.45, 2.75) is 25.6 Å². The molecule has 0 radical (unpaired) electrons. The molecule has 0 saturated heterocycles. The predicted molar refractivity (Wildman–Crippen MR) is 60.2 cm³/mol. The molecule has 1 aliphatic rings. The van der Waals surface area contributed by atoms with Crippen LogP contribution in [0.4, 0.5) is 19.0 Å². The van der Waals surface area contributed by atoms with Crippen molar-refractivity contribution in [2.75, 3.05) is 11.9 Å². The minimum Gasteiger partial charge on any atom is -0.481 e. The third-order valence-electron chi connectivity index (χ3n) is 2.94. The average molecular weight is 276 g/mol. The number of carboxylic acid groups (broad SMARTS) is 1. The molecule has 1 aromatic rings. The Hall–Kier alpha value is -1.99. The molecule has 1 aliphatic heterocycles. The lowest BCUT2D eigenvalue weighted by Gasteiger charge is -2.16. The first kappa shape index (κ1) is 13.4. The zero-order valence-electron chi connectivity index (χ0n) is 9.75. The highest BCUT2D eigenvalue weighted by Crippen LogP contribution is 2.35. The standard InChI is InChI=1S/C11H11F3N2O3/c12-11(13,14)7-5-8(17)16-4-3-15-10(16)6(7)1-2-9(18)19/h5,15H,1-4H2,(H,18,19). The van der Waals surface area contributed by atoms with Crippen molar-refractivity contribution in [1.29, 1.82) is 0 Å². The third kappa shape index (κ3) is 2.56. The van der Waals surface area contributed by atoms with E-state index in [4.69, 9.17) is 5.11 Å². The van der Waals surface area contributed by atoms with Crippen LogP contribution in [0.5, 0.6) is 0 Å². The van der Waals surface area contributed by atoms with E-state index in [2.05, 4.69) is 5.32 Å². The quantitative estimate of drug-likeness (QED) is 0.873. The van der Waals surface area contributed by atoms with Crippen LogP contribution >= 0.6 is 0 Å². The van der Waals surface area contributed by atoms with Crippen LogP contribution in [0.1, 0.15) is 17.5 Å². The lowest BCUT2D eigenvalue weighted by molar-refractivity contribution is -0.140. The Balaban J connectivity index is 2.56. The summed E-state index contributed by atoms with van der Waals surface area (Å²) < 4.78 is 39.9. The van der Waals surface area contributed by atoms with E-state index in [0.29, 0.717) is 12.6 Å². The first-order chi connectivity index (χ1) is 8.80. The number of pyridine rings is 1. The molecule has 0 fully saturated rings. The van der Waals surface area contributed by atoms with Crippen LogP contribution in [0, 0.1) is 0 Å². The van der Waals surface area contributed by atoms with Gasteiger partial charge in [0.05, 0.1) is 5.56 Å². The number of aromatic nitrogens is 1. The number of rotatable bonds is 3. The summed E-state index contributed by atoms with van der Waals surface area (Å²) in [6.07, 6.45) is -5.37. The van der Waals surface area contributed by atoms with Gasteiger partial charge in [0.25, 0.3) is 5.56 Å². The lowest BCUT2D eigenvalue weighted by atomic mass is 10.0. The highest BCUT2D eigenvalue weighted by molar-refractivity contribution is 5.68. The minimum absolute atomic E-state index is 0.0843. The normalized spacial score (nSPS) is 14.1. The first-order valence-corrected chi connectivity index (χ1v) is 5.60. The van der Waals surface area contributed by atoms with Crippen LogP contribution < -0.4 is 10.9 Å². The summed E-state index contributed by atoms with van der Waals surface area (Å²) in [5, 5.41) is 11.3. The Morgan fingerprint density at radius 3 is 2.74 bits per heavy atom. The molecular formula is C11H11F3N2O3. The maximum atomic E-state index is 12.9. The molecule has 1 aromatic heterocycles. The van der Waals surface area contributed by atoms with Gasteiger partial charge in [0, 0.05) is 31.1 Å². The minimum atomic E-state index is -4.67. The number of halogens is 3. The molecule has 0 atom stereocenters. The van der Waals surface area contributed by atoms with E-state index in [9.17, 15) is 22.8 Å². The van der Waals surface area contributed by atoms with Crippen LogP contribution in [-0.2, 0) is 23.9 Å². The molecule has 0 unspecified atom stereocenters. The second-order valence-electron chi connectivity index (χ2n) is 4.19. The molecule has 0 bridgehead atoms. The van der Waals surface area contributed by atoms with Crippen LogP contribution in [-0.4, -0.2) is 22.2 Å². The molecule has 5 nitrogen and oxygen atoms in total. The summed E-state index contributed by atoms with van der Waals surface area (Å²) in [6.45, 7) is 0.642. The number of hydrogen-bond acceptors (Lipinski definition) is 3. The Labute approximate surface area is 105 Å². The van der Waals surface area contributed by atoms with Crippen molar-refractivity contribution in [3.63, 3.8) is 0 Å². The SMILES string of the molecule is O=C(O)CCc1c(C(F)(F)F)cc(=O)n2c1NCC2. The Morgan fingerprint density at radius 1 is 1.47 bits per heavy atom. The molecule has 0 aliphatic carbocycles. The Morgan fingerprint density at radius 2 is 2.16 bits per heavy atom. The predicted octanol–water partition coefficient (Wildman–Crippen LogP) is 1.31. The van der Waals surface area contributed by atoms with E-state index in [1.54, 1.807) is 0 Å². The molecule has 0 saturated carbocycles. The topological polar surface area (TPSA) is 71.3 Å². The van der Waals surface area contributed by atoms with Crippen molar-refractivity contribution < 1.29 is 23.1 Å². The van der Waals surface area contributed by atoms with Crippen molar-refractivity contribution in [2.24, 2.45) is 0 Å². The van der Waals surface area contributed by atoms with Crippen LogP contribution in [0.25, 0.3) is 0 Å². The smallest absolute Gasteiger partial charge is 0.417 e. The van der Waals surface area contributed by atoms with E-state index in [1.165, 1.54) is 4.57 Å². The van der Waals surface area contributed by atoms with Gasteiger partial charge in [0.2, 0.25) is 0 Å². The first-order valence-electron chi connectivity index (χ1n) is 5.60. The number of carboxylic acids is 1. The molecule has 2 heterocycles. The maximum Gasteiger partial charge on any atom is 0.417 e. The fourth-order valence-electron chi connectivity index (χ4n) is 2.14. The monoisotopic (exact) mass is 276 g/mol. The molecule has 0 spiro atoms. The van der Waals surface area contributed by atoms with Gasteiger partial charge in [-0.05, 0) is 6.42 Å².